The van der Waals surface area contributed by atoms with Gasteiger partial charge in [-0.1, -0.05) is 6.42 Å². The van der Waals surface area contributed by atoms with Crippen molar-refractivity contribution in [3.63, 3.8) is 0 Å². The van der Waals surface area contributed by atoms with Gasteiger partial charge < -0.3 is 10.2 Å². The summed E-state index contributed by atoms with van der Waals surface area (Å²) in [4.78, 5) is 9.41. The molecule has 1 N–H and O–H groups in total. The highest BCUT2D eigenvalue weighted by Gasteiger charge is 2.21. The first-order valence-corrected chi connectivity index (χ1v) is 7.90. The van der Waals surface area contributed by atoms with Crippen molar-refractivity contribution in [2.24, 2.45) is 0 Å². The second-order valence-corrected chi connectivity index (χ2v) is 6.12. The van der Waals surface area contributed by atoms with Gasteiger partial charge in [-0.15, -0.1) is 11.3 Å². The van der Waals surface area contributed by atoms with E-state index in [9.17, 15) is 0 Å². The molecule has 0 saturated carbocycles. The molecule has 1 unspecified atom stereocenters. The summed E-state index contributed by atoms with van der Waals surface area (Å²) < 4.78 is 0. The topological polar surface area (TPSA) is 31.4 Å². The van der Waals surface area contributed by atoms with E-state index in [0.29, 0.717) is 0 Å². The van der Waals surface area contributed by atoms with Crippen LogP contribution in [0.4, 0.5) is 5.13 Å². The fourth-order valence-electron chi connectivity index (χ4n) is 2.89. The van der Waals surface area contributed by atoms with Gasteiger partial charge in [0.05, 0.1) is 0 Å². The highest BCUT2D eigenvalue weighted by Crippen LogP contribution is 2.19. The van der Waals surface area contributed by atoms with E-state index in [1.807, 2.05) is 6.20 Å². The molecule has 0 aliphatic carbocycles. The Bertz CT molecular complexity index is 340. The zero-order chi connectivity index (χ0) is 12.2. The number of thiazole rings is 1. The van der Waals surface area contributed by atoms with E-state index in [1.54, 1.807) is 11.3 Å². The van der Waals surface area contributed by atoms with Gasteiger partial charge in [0.1, 0.15) is 0 Å². The molecule has 1 atom stereocenters. The maximum atomic E-state index is 4.39. The van der Waals surface area contributed by atoms with Crippen molar-refractivity contribution in [3.05, 3.63) is 11.6 Å². The van der Waals surface area contributed by atoms with E-state index < -0.39 is 0 Å². The first kappa shape index (κ1) is 12.4. The zero-order valence-corrected chi connectivity index (χ0v) is 11.7. The Labute approximate surface area is 113 Å². The van der Waals surface area contributed by atoms with E-state index >= 15 is 0 Å². The van der Waals surface area contributed by atoms with Crippen LogP contribution >= 0.6 is 11.3 Å². The minimum atomic E-state index is 0.727. The standard InChI is InChI=1S/C13H22N4S/c1-2-4-14-12(3-1)11-16-6-8-17(9-7-16)13-15-5-10-18-13/h5,10,12,14H,1-4,6-9,11H2. The van der Waals surface area contributed by atoms with Crippen molar-refractivity contribution in [3.8, 4) is 0 Å². The van der Waals surface area contributed by atoms with Gasteiger partial charge in [0.15, 0.2) is 5.13 Å². The Morgan fingerprint density at radius 2 is 2.17 bits per heavy atom. The maximum absolute atomic E-state index is 4.39. The zero-order valence-electron chi connectivity index (χ0n) is 10.8. The largest absolute Gasteiger partial charge is 0.346 e. The summed E-state index contributed by atoms with van der Waals surface area (Å²) in [6.07, 6.45) is 6.01. The molecule has 0 amide bonds. The smallest absolute Gasteiger partial charge is 0.185 e. The highest BCUT2D eigenvalue weighted by molar-refractivity contribution is 7.13. The number of anilines is 1. The van der Waals surface area contributed by atoms with Gasteiger partial charge in [0.25, 0.3) is 0 Å². The molecule has 2 aliphatic rings. The Morgan fingerprint density at radius 1 is 1.28 bits per heavy atom. The molecule has 2 fully saturated rings. The summed E-state index contributed by atoms with van der Waals surface area (Å²) in [5, 5.41) is 6.89. The van der Waals surface area contributed by atoms with E-state index in [1.165, 1.54) is 50.6 Å². The summed E-state index contributed by atoms with van der Waals surface area (Å²) >= 11 is 1.75. The molecule has 4 nitrogen and oxygen atoms in total. The van der Waals surface area contributed by atoms with Crippen LogP contribution in [-0.2, 0) is 0 Å². The van der Waals surface area contributed by atoms with Crippen LogP contribution in [0.15, 0.2) is 11.6 Å². The van der Waals surface area contributed by atoms with Crippen molar-refractivity contribution in [1.29, 1.82) is 0 Å². The summed E-state index contributed by atoms with van der Waals surface area (Å²) in [7, 11) is 0. The molecule has 3 rings (SSSR count). The third-order valence-electron chi connectivity index (χ3n) is 3.95. The van der Waals surface area contributed by atoms with Crippen molar-refractivity contribution in [2.45, 2.75) is 25.3 Å². The fraction of sp³-hybridized carbons (Fsp3) is 0.769. The summed E-state index contributed by atoms with van der Waals surface area (Å²) in [5.41, 5.74) is 0. The number of aromatic nitrogens is 1. The minimum absolute atomic E-state index is 0.727. The molecule has 1 aromatic heterocycles. The molecular formula is C13H22N4S. The number of nitrogens with zero attached hydrogens (tertiary/aromatic N) is 3. The van der Waals surface area contributed by atoms with Crippen LogP contribution in [-0.4, -0.2) is 55.2 Å². The van der Waals surface area contributed by atoms with Gasteiger partial charge in [-0.05, 0) is 19.4 Å². The number of piperidine rings is 1. The van der Waals surface area contributed by atoms with Crippen LogP contribution in [0.25, 0.3) is 0 Å². The van der Waals surface area contributed by atoms with E-state index in [0.717, 1.165) is 19.1 Å². The first-order chi connectivity index (χ1) is 8.92. The Kier molecular flexibility index (Phi) is 4.13. The number of hydrogen-bond donors (Lipinski definition) is 1. The first-order valence-electron chi connectivity index (χ1n) is 7.02. The molecule has 2 saturated heterocycles. The Hall–Kier alpha value is -0.650. The van der Waals surface area contributed by atoms with Crippen molar-refractivity contribution in [1.82, 2.24) is 15.2 Å². The molecule has 0 bridgehead atoms. The number of nitrogens with one attached hydrogen (secondary N) is 1. The lowest BCUT2D eigenvalue weighted by Gasteiger charge is -2.37. The Morgan fingerprint density at radius 3 is 2.83 bits per heavy atom. The third-order valence-corrected chi connectivity index (χ3v) is 4.79. The molecule has 18 heavy (non-hydrogen) atoms. The molecule has 0 spiro atoms. The van der Waals surface area contributed by atoms with Crippen LogP contribution < -0.4 is 10.2 Å². The molecule has 2 aliphatic heterocycles. The number of rotatable bonds is 3. The van der Waals surface area contributed by atoms with Crippen molar-refractivity contribution in [2.75, 3.05) is 44.2 Å². The van der Waals surface area contributed by atoms with Gasteiger partial charge in [0.2, 0.25) is 0 Å². The summed E-state index contributed by atoms with van der Waals surface area (Å²) in [6.45, 7) is 7.05. The van der Waals surface area contributed by atoms with Gasteiger partial charge in [0, 0.05) is 50.3 Å². The normalized spacial score (nSPS) is 26.4. The van der Waals surface area contributed by atoms with Crippen LogP contribution in [0, 0.1) is 0 Å². The average molecular weight is 266 g/mol. The number of piperazine rings is 1. The lowest BCUT2D eigenvalue weighted by atomic mass is 10.0. The van der Waals surface area contributed by atoms with Gasteiger partial charge >= 0.3 is 0 Å². The lowest BCUT2D eigenvalue weighted by molar-refractivity contribution is 0.214. The van der Waals surface area contributed by atoms with Gasteiger partial charge in [-0.25, -0.2) is 4.98 Å². The molecule has 5 heteroatoms. The quantitative estimate of drug-likeness (QED) is 0.896. The molecule has 3 heterocycles. The lowest BCUT2D eigenvalue weighted by Crippen LogP contribution is -2.51. The molecule has 1 aromatic rings. The van der Waals surface area contributed by atoms with Gasteiger partial charge in [-0.3, -0.25) is 4.90 Å². The molecule has 0 aromatic carbocycles. The highest BCUT2D eigenvalue weighted by atomic mass is 32.1. The predicted molar refractivity (Wildman–Crippen MR) is 76.4 cm³/mol. The monoisotopic (exact) mass is 266 g/mol. The Balaban J connectivity index is 1.45. The van der Waals surface area contributed by atoms with Crippen LogP contribution in [0.2, 0.25) is 0 Å². The van der Waals surface area contributed by atoms with Gasteiger partial charge in [-0.2, -0.15) is 0 Å². The molecule has 0 radical (unpaired) electrons. The number of hydrogen-bond acceptors (Lipinski definition) is 5. The fourth-order valence-corrected chi connectivity index (χ4v) is 3.58. The molecular weight excluding hydrogens is 244 g/mol. The molecule has 100 valence electrons. The van der Waals surface area contributed by atoms with Crippen LogP contribution in [0.3, 0.4) is 0 Å². The van der Waals surface area contributed by atoms with E-state index in [2.05, 4.69) is 25.5 Å². The summed E-state index contributed by atoms with van der Waals surface area (Å²) in [6, 6.07) is 0.727. The van der Waals surface area contributed by atoms with E-state index in [4.69, 9.17) is 0 Å². The third kappa shape index (κ3) is 3.02. The maximum Gasteiger partial charge on any atom is 0.185 e. The van der Waals surface area contributed by atoms with E-state index in [-0.39, 0.29) is 0 Å². The van der Waals surface area contributed by atoms with Crippen molar-refractivity contribution < 1.29 is 0 Å². The minimum Gasteiger partial charge on any atom is -0.346 e. The SMILES string of the molecule is c1csc(N2CCN(CC3CCCCN3)CC2)n1. The van der Waals surface area contributed by atoms with Crippen LogP contribution in [0.1, 0.15) is 19.3 Å². The summed E-state index contributed by atoms with van der Waals surface area (Å²) in [5.74, 6) is 0. The van der Waals surface area contributed by atoms with Crippen molar-refractivity contribution >= 4 is 16.5 Å². The van der Waals surface area contributed by atoms with Crippen LogP contribution in [0.5, 0.6) is 0 Å². The predicted octanol–water partition coefficient (Wildman–Crippen LogP) is 1.41. The average Bonchev–Trinajstić information content (AvgIpc) is 2.95. The second kappa shape index (κ2) is 5.99. The second-order valence-electron chi connectivity index (χ2n) is 5.25.